The zero-order valence-electron chi connectivity index (χ0n) is 13.1. The minimum atomic E-state index is -0.0765. The number of carbonyl (C=O) groups excluding carboxylic acids is 1. The first-order valence-electron chi connectivity index (χ1n) is 7.31. The Morgan fingerprint density at radius 3 is 2.45 bits per heavy atom. The normalized spacial score (nSPS) is 22.1. The predicted molar refractivity (Wildman–Crippen MR) is 82.1 cm³/mol. The van der Waals surface area contributed by atoms with Crippen molar-refractivity contribution in [3.63, 3.8) is 0 Å². The van der Waals surface area contributed by atoms with Crippen molar-refractivity contribution < 1.29 is 4.79 Å². The van der Waals surface area contributed by atoms with Crippen LogP contribution in [0.4, 0.5) is 5.82 Å². The summed E-state index contributed by atoms with van der Waals surface area (Å²) in [6, 6.07) is 4.05. The number of nitrogens with zero attached hydrogens (tertiary/aromatic N) is 1. The highest BCUT2D eigenvalue weighted by molar-refractivity contribution is 5.95. The van der Waals surface area contributed by atoms with E-state index in [4.69, 9.17) is 0 Å². The summed E-state index contributed by atoms with van der Waals surface area (Å²) in [6.07, 6.45) is 2.17. The van der Waals surface area contributed by atoms with Crippen LogP contribution < -0.4 is 10.6 Å². The van der Waals surface area contributed by atoms with Gasteiger partial charge in [-0.2, -0.15) is 0 Å². The molecule has 0 bridgehead atoms. The van der Waals surface area contributed by atoms with E-state index >= 15 is 0 Å². The Morgan fingerprint density at radius 1 is 1.30 bits per heavy atom. The molecule has 1 amide bonds. The molecule has 1 fully saturated rings. The van der Waals surface area contributed by atoms with Crippen LogP contribution in [0.15, 0.2) is 12.1 Å². The van der Waals surface area contributed by atoms with E-state index in [0.717, 1.165) is 30.3 Å². The van der Waals surface area contributed by atoms with Gasteiger partial charge in [-0.05, 0) is 30.9 Å². The number of aromatic nitrogens is 1. The molecular formula is C16H25N3O. The summed E-state index contributed by atoms with van der Waals surface area (Å²) in [5.74, 6) is 1.48. The van der Waals surface area contributed by atoms with Crippen molar-refractivity contribution in [2.24, 2.45) is 5.92 Å². The van der Waals surface area contributed by atoms with Crippen molar-refractivity contribution in [2.75, 3.05) is 12.4 Å². The maximum atomic E-state index is 12.3. The lowest BCUT2D eigenvalue weighted by Gasteiger charge is -2.33. The number of hydrogen-bond donors (Lipinski definition) is 2. The number of rotatable bonds is 3. The summed E-state index contributed by atoms with van der Waals surface area (Å²) in [7, 11) is 1.82. The summed E-state index contributed by atoms with van der Waals surface area (Å²) >= 11 is 0. The molecule has 0 saturated heterocycles. The predicted octanol–water partition coefficient (Wildman–Crippen LogP) is 2.95. The lowest BCUT2D eigenvalue weighted by Crippen LogP contribution is -2.43. The molecule has 0 radical (unpaired) electrons. The zero-order valence-corrected chi connectivity index (χ0v) is 13.1. The first kappa shape index (κ1) is 14.8. The molecule has 110 valence electrons. The number of hydrogen-bond acceptors (Lipinski definition) is 3. The second-order valence-electron chi connectivity index (χ2n) is 6.87. The van der Waals surface area contributed by atoms with Crippen LogP contribution in [0.2, 0.25) is 0 Å². The van der Waals surface area contributed by atoms with E-state index in [1.165, 1.54) is 0 Å². The van der Waals surface area contributed by atoms with Gasteiger partial charge in [0.25, 0.3) is 5.91 Å². The maximum absolute atomic E-state index is 12.3. The van der Waals surface area contributed by atoms with Crippen LogP contribution in [0.5, 0.6) is 0 Å². The van der Waals surface area contributed by atoms with Crippen LogP contribution in [0, 0.1) is 5.92 Å². The molecule has 0 spiro atoms. The van der Waals surface area contributed by atoms with Gasteiger partial charge < -0.3 is 10.6 Å². The molecule has 0 aromatic carbocycles. The number of carbonyl (C=O) groups is 1. The maximum Gasteiger partial charge on any atom is 0.251 e. The molecule has 2 N–H and O–H groups in total. The van der Waals surface area contributed by atoms with Crippen molar-refractivity contribution in [3.8, 4) is 0 Å². The van der Waals surface area contributed by atoms with E-state index in [0.29, 0.717) is 11.6 Å². The molecule has 1 aliphatic carbocycles. The molecule has 0 aliphatic heterocycles. The van der Waals surface area contributed by atoms with Crippen LogP contribution in [0.25, 0.3) is 0 Å². The Morgan fingerprint density at radius 2 is 1.95 bits per heavy atom. The third kappa shape index (κ3) is 3.30. The number of pyridine rings is 1. The van der Waals surface area contributed by atoms with Crippen LogP contribution >= 0.6 is 0 Å². The van der Waals surface area contributed by atoms with Crippen LogP contribution in [-0.4, -0.2) is 24.0 Å². The average Bonchev–Trinajstić information content (AvgIpc) is 2.35. The van der Waals surface area contributed by atoms with E-state index in [2.05, 4.69) is 43.3 Å². The Labute approximate surface area is 121 Å². The number of amides is 1. The Hall–Kier alpha value is -1.58. The van der Waals surface area contributed by atoms with Crippen molar-refractivity contribution in [2.45, 2.75) is 52.0 Å². The van der Waals surface area contributed by atoms with Gasteiger partial charge in [-0.25, -0.2) is 4.98 Å². The van der Waals surface area contributed by atoms with Crippen molar-refractivity contribution in [1.82, 2.24) is 10.3 Å². The number of anilines is 1. The third-order valence-corrected chi connectivity index (χ3v) is 3.82. The van der Waals surface area contributed by atoms with Gasteiger partial charge in [-0.1, -0.05) is 27.7 Å². The summed E-state index contributed by atoms with van der Waals surface area (Å²) in [5, 5.41) is 6.13. The van der Waals surface area contributed by atoms with Crippen LogP contribution in [0.3, 0.4) is 0 Å². The molecule has 2 rings (SSSR count). The SMILES string of the molecule is CNc1cc(C(=O)NC2CC(C)C2)cc(C(C)(C)C)n1. The summed E-state index contributed by atoms with van der Waals surface area (Å²) in [5.41, 5.74) is 1.54. The molecule has 0 atom stereocenters. The molecular weight excluding hydrogens is 250 g/mol. The Bertz CT molecular complexity index is 499. The van der Waals surface area contributed by atoms with E-state index < -0.39 is 0 Å². The highest BCUT2D eigenvalue weighted by Crippen LogP contribution is 2.27. The molecule has 20 heavy (non-hydrogen) atoms. The van der Waals surface area contributed by atoms with Gasteiger partial charge in [-0.15, -0.1) is 0 Å². The lowest BCUT2D eigenvalue weighted by atomic mass is 9.82. The smallest absolute Gasteiger partial charge is 0.251 e. The Kier molecular flexibility index (Phi) is 4.02. The second kappa shape index (κ2) is 5.43. The minimum absolute atomic E-state index is 0.00583. The van der Waals surface area contributed by atoms with Gasteiger partial charge in [-0.3, -0.25) is 4.79 Å². The highest BCUT2D eigenvalue weighted by Gasteiger charge is 2.27. The van der Waals surface area contributed by atoms with Crippen molar-refractivity contribution >= 4 is 11.7 Å². The van der Waals surface area contributed by atoms with Crippen molar-refractivity contribution in [1.29, 1.82) is 0 Å². The van der Waals surface area contributed by atoms with E-state index in [1.807, 2.05) is 19.2 Å². The summed E-state index contributed by atoms with van der Waals surface area (Å²) in [6.45, 7) is 8.52. The van der Waals surface area contributed by atoms with E-state index in [1.54, 1.807) is 0 Å². The zero-order chi connectivity index (χ0) is 14.9. The van der Waals surface area contributed by atoms with Crippen LogP contribution in [0.1, 0.15) is 56.6 Å². The number of nitrogens with one attached hydrogen (secondary N) is 2. The molecule has 4 nitrogen and oxygen atoms in total. The van der Waals surface area contributed by atoms with Gasteiger partial charge in [0, 0.05) is 29.8 Å². The van der Waals surface area contributed by atoms with Crippen LogP contribution in [-0.2, 0) is 5.41 Å². The minimum Gasteiger partial charge on any atom is -0.373 e. The first-order chi connectivity index (χ1) is 9.29. The van der Waals surface area contributed by atoms with Crippen molar-refractivity contribution in [3.05, 3.63) is 23.4 Å². The molecule has 1 saturated carbocycles. The Balaban J connectivity index is 2.19. The fourth-order valence-corrected chi connectivity index (χ4v) is 2.46. The topological polar surface area (TPSA) is 54.0 Å². The largest absolute Gasteiger partial charge is 0.373 e. The highest BCUT2D eigenvalue weighted by atomic mass is 16.1. The molecule has 0 unspecified atom stereocenters. The van der Waals surface area contributed by atoms with Gasteiger partial charge in [0.2, 0.25) is 0 Å². The molecule has 1 aliphatic rings. The summed E-state index contributed by atoms with van der Waals surface area (Å²) < 4.78 is 0. The molecule has 4 heteroatoms. The monoisotopic (exact) mass is 275 g/mol. The quantitative estimate of drug-likeness (QED) is 0.891. The standard InChI is InChI=1S/C16H25N3O/c1-10-6-12(7-10)18-15(20)11-8-13(16(2,3)4)19-14(9-11)17-5/h8-10,12H,6-7H2,1-5H3,(H,17,19)(H,18,20). The summed E-state index contributed by atoms with van der Waals surface area (Å²) in [4.78, 5) is 16.9. The van der Waals surface area contributed by atoms with E-state index in [9.17, 15) is 4.79 Å². The third-order valence-electron chi connectivity index (χ3n) is 3.82. The average molecular weight is 275 g/mol. The fraction of sp³-hybridized carbons (Fsp3) is 0.625. The first-order valence-corrected chi connectivity index (χ1v) is 7.31. The second-order valence-corrected chi connectivity index (χ2v) is 6.87. The van der Waals surface area contributed by atoms with Gasteiger partial charge >= 0.3 is 0 Å². The fourth-order valence-electron chi connectivity index (χ4n) is 2.46. The van der Waals surface area contributed by atoms with Gasteiger partial charge in [0.15, 0.2) is 0 Å². The lowest BCUT2D eigenvalue weighted by molar-refractivity contribution is 0.0896. The molecule has 1 aromatic rings. The van der Waals surface area contributed by atoms with E-state index in [-0.39, 0.29) is 11.3 Å². The van der Waals surface area contributed by atoms with Gasteiger partial charge in [0.05, 0.1) is 0 Å². The molecule has 1 heterocycles. The van der Waals surface area contributed by atoms with Gasteiger partial charge in [0.1, 0.15) is 5.82 Å². The molecule has 1 aromatic heterocycles.